The van der Waals surface area contributed by atoms with Gasteiger partial charge in [-0.2, -0.15) is 0 Å². The van der Waals surface area contributed by atoms with Crippen molar-refractivity contribution in [3.63, 3.8) is 0 Å². The van der Waals surface area contributed by atoms with Gasteiger partial charge in [-0.15, -0.1) is 6.58 Å². The molecule has 0 aliphatic heterocycles. The van der Waals surface area contributed by atoms with Gasteiger partial charge >= 0.3 is 0 Å². The first-order valence-corrected chi connectivity index (χ1v) is 9.44. The molecule has 0 N–H and O–H groups in total. The van der Waals surface area contributed by atoms with E-state index < -0.39 is 8.32 Å². The van der Waals surface area contributed by atoms with E-state index in [9.17, 15) is 0 Å². The molecule has 0 aromatic rings. The molecule has 0 saturated carbocycles. The molecule has 104 valence electrons. The van der Waals surface area contributed by atoms with Crippen LogP contribution in [0.3, 0.4) is 0 Å². The van der Waals surface area contributed by atoms with Crippen molar-refractivity contribution in [2.75, 3.05) is 6.61 Å². The van der Waals surface area contributed by atoms with E-state index in [1.54, 1.807) is 6.08 Å². The van der Waals surface area contributed by atoms with Gasteiger partial charge in [0, 0.05) is 17.6 Å². The van der Waals surface area contributed by atoms with E-state index in [0.717, 1.165) is 25.9 Å². The van der Waals surface area contributed by atoms with Gasteiger partial charge in [0.1, 0.15) is 0 Å². The smallest absolute Gasteiger partial charge is 0.191 e. The lowest BCUT2D eigenvalue weighted by molar-refractivity contribution is 0.275. The quantitative estimate of drug-likeness (QED) is 0.152. The van der Waals surface area contributed by atoms with Crippen LogP contribution in [0, 0.1) is 0 Å². The van der Waals surface area contributed by atoms with Gasteiger partial charge < -0.3 is 4.43 Å². The Morgan fingerprint density at radius 1 is 1.44 bits per heavy atom. The molecule has 0 bridgehead atoms. The number of hydrogen-bond donors (Lipinski definition) is 0. The van der Waals surface area contributed by atoms with Crippen LogP contribution in [0.15, 0.2) is 17.8 Å². The van der Waals surface area contributed by atoms with Crippen LogP contribution in [-0.2, 0) is 4.43 Å². The maximum absolute atomic E-state index is 8.46. The van der Waals surface area contributed by atoms with Crippen molar-refractivity contribution >= 4 is 8.32 Å². The fourth-order valence-corrected chi connectivity index (χ4v) is 2.44. The second kappa shape index (κ2) is 7.62. The Kier molecular flexibility index (Phi) is 7.29. The lowest BCUT2D eigenvalue weighted by atomic mass is 10.1. The van der Waals surface area contributed by atoms with Crippen LogP contribution in [0.4, 0.5) is 0 Å². The minimum absolute atomic E-state index is 0.0236. The summed E-state index contributed by atoms with van der Waals surface area (Å²) in [7, 11) is -1.64. The van der Waals surface area contributed by atoms with Crippen molar-refractivity contribution in [2.24, 2.45) is 5.11 Å². The van der Waals surface area contributed by atoms with E-state index in [4.69, 9.17) is 9.96 Å². The third kappa shape index (κ3) is 6.24. The molecular weight excluding hydrogens is 242 g/mol. The van der Waals surface area contributed by atoms with Crippen molar-refractivity contribution < 1.29 is 4.43 Å². The molecule has 0 radical (unpaired) electrons. The summed E-state index contributed by atoms with van der Waals surface area (Å²) in [5.74, 6) is 0. The molecule has 0 aliphatic carbocycles. The van der Waals surface area contributed by atoms with Crippen molar-refractivity contribution in [3.05, 3.63) is 23.1 Å². The van der Waals surface area contributed by atoms with E-state index in [1.165, 1.54) is 0 Å². The summed E-state index contributed by atoms with van der Waals surface area (Å²) in [6.07, 6.45) is 4.34. The number of hydrogen-bond acceptors (Lipinski definition) is 2. The molecule has 0 unspecified atom stereocenters. The highest BCUT2D eigenvalue weighted by molar-refractivity contribution is 6.74. The SMILES string of the molecule is C=CC[C@@H](CCCO[Si](C)(C)C(C)(C)C)N=[N+]=[N-]. The molecule has 0 heterocycles. The van der Waals surface area contributed by atoms with E-state index in [2.05, 4.69) is 50.5 Å². The zero-order valence-corrected chi connectivity index (χ0v) is 13.4. The fraction of sp³-hybridized carbons (Fsp3) is 0.846. The van der Waals surface area contributed by atoms with Crippen LogP contribution < -0.4 is 0 Å². The standard InChI is InChI=1S/C13H27N3OSi/c1-7-9-12(15-16-14)10-8-11-17-18(5,6)13(2,3)4/h7,12H,1,8-11H2,2-6H3/t12-/m0/s1. The number of azide groups is 1. The summed E-state index contributed by atoms with van der Waals surface area (Å²) in [5.41, 5.74) is 8.46. The summed E-state index contributed by atoms with van der Waals surface area (Å²) >= 11 is 0. The second-order valence-corrected chi connectivity index (χ2v) is 10.9. The number of rotatable bonds is 8. The first-order valence-electron chi connectivity index (χ1n) is 6.53. The largest absolute Gasteiger partial charge is 0.417 e. The Morgan fingerprint density at radius 2 is 2.06 bits per heavy atom. The van der Waals surface area contributed by atoms with Crippen molar-refractivity contribution in [3.8, 4) is 0 Å². The van der Waals surface area contributed by atoms with Crippen LogP contribution in [0.2, 0.25) is 18.1 Å². The zero-order valence-electron chi connectivity index (χ0n) is 12.4. The molecule has 1 atom stereocenters. The summed E-state index contributed by atoms with van der Waals surface area (Å²) < 4.78 is 6.08. The first-order chi connectivity index (χ1) is 8.24. The third-order valence-electron chi connectivity index (χ3n) is 3.60. The molecular formula is C13H27N3OSi. The molecule has 0 aromatic heterocycles. The van der Waals surface area contributed by atoms with Gasteiger partial charge in [0.15, 0.2) is 8.32 Å². The highest BCUT2D eigenvalue weighted by Crippen LogP contribution is 2.36. The van der Waals surface area contributed by atoms with Crippen LogP contribution in [0.5, 0.6) is 0 Å². The summed E-state index contributed by atoms with van der Waals surface area (Å²) in [6.45, 7) is 15.6. The molecule has 0 saturated heterocycles. The van der Waals surface area contributed by atoms with E-state index in [1.807, 2.05) is 0 Å². The van der Waals surface area contributed by atoms with Gasteiger partial charge in [0.2, 0.25) is 0 Å². The van der Waals surface area contributed by atoms with Crippen LogP contribution in [0.1, 0.15) is 40.0 Å². The minimum atomic E-state index is -1.64. The van der Waals surface area contributed by atoms with Gasteiger partial charge in [-0.25, -0.2) is 0 Å². The first kappa shape index (κ1) is 17.2. The molecule has 0 aliphatic rings. The average Bonchev–Trinajstić information content (AvgIpc) is 2.23. The monoisotopic (exact) mass is 269 g/mol. The molecule has 0 aromatic carbocycles. The topological polar surface area (TPSA) is 58.0 Å². The molecule has 0 rings (SSSR count). The molecule has 18 heavy (non-hydrogen) atoms. The van der Waals surface area contributed by atoms with Gasteiger partial charge in [-0.3, -0.25) is 0 Å². The molecule has 0 fully saturated rings. The second-order valence-electron chi connectivity index (χ2n) is 6.13. The lowest BCUT2D eigenvalue weighted by Gasteiger charge is -2.36. The van der Waals surface area contributed by atoms with E-state index in [0.29, 0.717) is 0 Å². The van der Waals surface area contributed by atoms with Crippen LogP contribution >= 0.6 is 0 Å². The zero-order chi connectivity index (χ0) is 14.2. The van der Waals surface area contributed by atoms with Gasteiger partial charge in [-0.1, -0.05) is 32.0 Å². The van der Waals surface area contributed by atoms with Crippen LogP contribution in [0.25, 0.3) is 10.4 Å². The third-order valence-corrected chi connectivity index (χ3v) is 8.14. The average molecular weight is 269 g/mol. The maximum atomic E-state index is 8.46. The Labute approximate surface area is 112 Å². The van der Waals surface area contributed by atoms with E-state index >= 15 is 0 Å². The van der Waals surface area contributed by atoms with Crippen LogP contribution in [-0.4, -0.2) is 21.0 Å². The van der Waals surface area contributed by atoms with Gasteiger partial charge in [0.05, 0.1) is 0 Å². The minimum Gasteiger partial charge on any atom is -0.417 e. The predicted octanol–water partition coefficient (Wildman–Crippen LogP) is 5.04. The Bertz CT molecular complexity index is 304. The normalized spacial score (nSPS) is 13.8. The van der Waals surface area contributed by atoms with Crippen molar-refractivity contribution in [1.82, 2.24) is 0 Å². The summed E-state index contributed by atoms with van der Waals surface area (Å²) in [6, 6.07) is 0.0236. The summed E-state index contributed by atoms with van der Waals surface area (Å²) in [5, 5.41) is 4.01. The maximum Gasteiger partial charge on any atom is 0.191 e. The van der Waals surface area contributed by atoms with Gasteiger partial charge in [0.25, 0.3) is 0 Å². The molecule has 5 heteroatoms. The van der Waals surface area contributed by atoms with E-state index in [-0.39, 0.29) is 11.1 Å². The lowest BCUT2D eigenvalue weighted by Crippen LogP contribution is -2.41. The van der Waals surface area contributed by atoms with Crippen molar-refractivity contribution in [1.29, 1.82) is 0 Å². The van der Waals surface area contributed by atoms with Crippen molar-refractivity contribution in [2.45, 2.75) is 64.2 Å². The molecule has 4 nitrogen and oxygen atoms in total. The fourth-order valence-electron chi connectivity index (χ4n) is 1.35. The Hall–Kier alpha value is -0.773. The number of nitrogens with zero attached hydrogens (tertiary/aromatic N) is 3. The van der Waals surface area contributed by atoms with Gasteiger partial charge in [-0.05, 0) is 42.9 Å². The predicted molar refractivity (Wildman–Crippen MR) is 80.1 cm³/mol. The molecule has 0 amide bonds. The Balaban J connectivity index is 4.05. The highest BCUT2D eigenvalue weighted by Gasteiger charge is 2.36. The Morgan fingerprint density at radius 3 is 2.50 bits per heavy atom. The highest BCUT2D eigenvalue weighted by atomic mass is 28.4. The summed E-state index contributed by atoms with van der Waals surface area (Å²) in [4.78, 5) is 2.87. The molecule has 0 spiro atoms.